The molecule has 0 saturated carbocycles. The summed E-state index contributed by atoms with van der Waals surface area (Å²) in [6, 6.07) is 0. The lowest BCUT2D eigenvalue weighted by atomic mass is 10.5. The zero-order valence-corrected chi connectivity index (χ0v) is 8.07. The quantitative estimate of drug-likeness (QED) is 0.238. The van der Waals surface area contributed by atoms with Gasteiger partial charge in [-0.05, 0) is 6.42 Å². The molecule has 0 aliphatic carbocycles. The SMILES string of the molecule is NN=C(N)SCCCn1ccnc1. The maximum Gasteiger partial charge on any atom is 0.177 e. The Bertz CT molecular complexity index is 256. The largest absolute Gasteiger partial charge is 0.377 e. The van der Waals surface area contributed by atoms with Crippen molar-refractivity contribution >= 4 is 16.9 Å². The van der Waals surface area contributed by atoms with Crippen LogP contribution in [0.25, 0.3) is 0 Å². The van der Waals surface area contributed by atoms with Gasteiger partial charge in [0, 0.05) is 24.7 Å². The Morgan fingerprint density at radius 2 is 2.46 bits per heavy atom. The summed E-state index contributed by atoms with van der Waals surface area (Å²) in [7, 11) is 0. The van der Waals surface area contributed by atoms with Crippen molar-refractivity contribution in [1.82, 2.24) is 9.55 Å². The predicted octanol–water partition coefficient (Wildman–Crippen LogP) is 0.195. The van der Waals surface area contributed by atoms with Crippen LogP contribution in [0.3, 0.4) is 0 Å². The molecule has 4 N–H and O–H groups in total. The maximum atomic E-state index is 5.40. The molecule has 72 valence electrons. The number of nitrogens with two attached hydrogens (primary N) is 2. The first kappa shape index (κ1) is 9.91. The standard InChI is InChI=1S/C7H13N5S/c8-7(11-9)13-5-1-3-12-4-2-10-6-12/h2,4,6H,1,3,5,9H2,(H2,8,11). The Morgan fingerprint density at radius 3 is 3.08 bits per heavy atom. The number of amidine groups is 1. The summed E-state index contributed by atoms with van der Waals surface area (Å²) >= 11 is 1.47. The summed E-state index contributed by atoms with van der Waals surface area (Å²) in [5.74, 6) is 5.90. The second-order valence-electron chi connectivity index (χ2n) is 2.47. The molecule has 0 bridgehead atoms. The van der Waals surface area contributed by atoms with Gasteiger partial charge in [-0.25, -0.2) is 4.98 Å². The highest BCUT2D eigenvalue weighted by molar-refractivity contribution is 8.13. The van der Waals surface area contributed by atoms with Crippen molar-refractivity contribution in [3.8, 4) is 0 Å². The molecule has 13 heavy (non-hydrogen) atoms. The summed E-state index contributed by atoms with van der Waals surface area (Å²) < 4.78 is 2.02. The van der Waals surface area contributed by atoms with Crippen molar-refractivity contribution in [2.24, 2.45) is 16.7 Å². The first-order chi connectivity index (χ1) is 6.33. The fourth-order valence-corrected chi connectivity index (χ4v) is 1.44. The van der Waals surface area contributed by atoms with Crippen molar-refractivity contribution in [1.29, 1.82) is 0 Å². The highest BCUT2D eigenvalue weighted by Crippen LogP contribution is 2.02. The molecule has 0 saturated heterocycles. The summed E-state index contributed by atoms with van der Waals surface area (Å²) in [6.45, 7) is 0.949. The molecule has 0 aliphatic rings. The number of hydrogen-bond donors (Lipinski definition) is 2. The Balaban J connectivity index is 2.08. The molecule has 0 radical (unpaired) electrons. The zero-order valence-electron chi connectivity index (χ0n) is 7.26. The molecular weight excluding hydrogens is 186 g/mol. The van der Waals surface area contributed by atoms with E-state index in [-0.39, 0.29) is 0 Å². The predicted molar refractivity (Wildman–Crippen MR) is 55.1 cm³/mol. The summed E-state index contributed by atoms with van der Waals surface area (Å²) in [5.41, 5.74) is 5.40. The van der Waals surface area contributed by atoms with E-state index in [1.54, 1.807) is 12.5 Å². The average Bonchev–Trinajstić information content (AvgIpc) is 2.64. The third-order valence-electron chi connectivity index (χ3n) is 1.50. The summed E-state index contributed by atoms with van der Waals surface area (Å²) in [5, 5.41) is 3.80. The minimum atomic E-state index is 0.436. The van der Waals surface area contributed by atoms with Gasteiger partial charge < -0.3 is 16.1 Å². The van der Waals surface area contributed by atoms with Gasteiger partial charge in [-0.1, -0.05) is 11.8 Å². The molecule has 0 aromatic carbocycles. The molecule has 5 nitrogen and oxygen atoms in total. The molecule has 0 unspecified atom stereocenters. The van der Waals surface area contributed by atoms with E-state index in [1.165, 1.54) is 11.8 Å². The first-order valence-corrected chi connectivity index (χ1v) is 4.93. The van der Waals surface area contributed by atoms with Gasteiger partial charge in [-0.3, -0.25) is 0 Å². The molecule has 0 spiro atoms. The zero-order chi connectivity index (χ0) is 9.52. The third-order valence-corrected chi connectivity index (χ3v) is 2.39. The molecule has 1 rings (SSSR count). The van der Waals surface area contributed by atoms with Crippen LogP contribution in [0.2, 0.25) is 0 Å². The van der Waals surface area contributed by atoms with Crippen LogP contribution in [0.1, 0.15) is 6.42 Å². The number of hydrazone groups is 1. The lowest BCUT2D eigenvalue weighted by Gasteiger charge is -2.00. The van der Waals surface area contributed by atoms with E-state index in [1.807, 2.05) is 10.8 Å². The van der Waals surface area contributed by atoms with E-state index < -0.39 is 0 Å². The van der Waals surface area contributed by atoms with Gasteiger partial charge in [-0.15, -0.1) is 0 Å². The van der Waals surface area contributed by atoms with Gasteiger partial charge >= 0.3 is 0 Å². The Labute approximate surface area is 81.2 Å². The van der Waals surface area contributed by atoms with Crippen LogP contribution < -0.4 is 11.6 Å². The number of imidazole rings is 1. The second-order valence-corrected chi connectivity index (χ2v) is 3.59. The van der Waals surface area contributed by atoms with E-state index in [9.17, 15) is 0 Å². The average molecular weight is 199 g/mol. The van der Waals surface area contributed by atoms with Gasteiger partial charge in [0.15, 0.2) is 5.17 Å². The van der Waals surface area contributed by atoms with Crippen molar-refractivity contribution in [3.63, 3.8) is 0 Å². The van der Waals surface area contributed by atoms with Crippen LogP contribution in [-0.4, -0.2) is 20.5 Å². The van der Waals surface area contributed by atoms with Gasteiger partial charge in [0.25, 0.3) is 0 Å². The fourth-order valence-electron chi connectivity index (χ4n) is 0.880. The van der Waals surface area contributed by atoms with Crippen molar-refractivity contribution in [3.05, 3.63) is 18.7 Å². The van der Waals surface area contributed by atoms with Crippen molar-refractivity contribution < 1.29 is 0 Å². The molecule has 0 amide bonds. The molecule has 1 aromatic heterocycles. The second kappa shape index (κ2) is 5.47. The third kappa shape index (κ3) is 3.84. The van der Waals surface area contributed by atoms with E-state index in [4.69, 9.17) is 11.6 Å². The minimum absolute atomic E-state index is 0.436. The van der Waals surface area contributed by atoms with Crippen LogP contribution >= 0.6 is 11.8 Å². The number of aromatic nitrogens is 2. The van der Waals surface area contributed by atoms with E-state index in [2.05, 4.69) is 10.1 Å². The molecule has 0 fully saturated rings. The normalized spacial score (nSPS) is 11.8. The number of rotatable bonds is 4. The highest BCUT2D eigenvalue weighted by atomic mass is 32.2. The van der Waals surface area contributed by atoms with Crippen LogP contribution in [0.4, 0.5) is 0 Å². The smallest absolute Gasteiger partial charge is 0.177 e. The van der Waals surface area contributed by atoms with Gasteiger partial charge in [-0.2, -0.15) is 5.10 Å². The Kier molecular flexibility index (Phi) is 4.17. The first-order valence-electron chi connectivity index (χ1n) is 3.95. The van der Waals surface area contributed by atoms with E-state index in [0.717, 1.165) is 18.7 Å². The van der Waals surface area contributed by atoms with Crippen molar-refractivity contribution in [2.45, 2.75) is 13.0 Å². The molecular formula is C7H13N5S. The fraction of sp³-hybridized carbons (Fsp3) is 0.429. The van der Waals surface area contributed by atoms with Gasteiger partial charge in [0.1, 0.15) is 0 Å². The molecule has 0 aliphatic heterocycles. The number of nitrogens with zero attached hydrogens (tertiary/aromatic N) is 3. The molecule has 0 atom stereocenters. The molecule has 1 heterocycles. The topological polar surface area (TPSA) is 82.2 Å². The molecule has 6 heteroatoms. The van der Waals surface area contributed by atoms with Crippen LogP contribution in [0.5, 0.6) is 0 Å². The van der Waals surface area contributed by atoms with E-state index >= 15 is 0 Å². The number of thioether (sulfide) groups is 1. The van der Waals surface area contributed by atoms with Crippen LogP contribution in [0.15, 0.2) is 23.8 Å². The lowest BCUT2D eigenvalue weighted by molar-refractivity contribution is 0.684. The Morgan fingerprint density at radius 1 is 1.62 bits per heavy atom. The van der Waals surface area contributed by atoms with Gasteiger partial charge in [0.2, 0.25) is 0 Å². The lowest BCUT2D eigenvalue weighted by Crippen LogP contribution is -2.10. The van der Waals surface area contributed by atoms with Crippen LogP contribution in [0, 0.1) is 0 Å². The molecule has 1 aromatic rings. The Hall–Kier alpha value is -1.17. The monoisotopic (exact) mass is 199 g/mol. The van der Waals surface area contributed by atoms with Gasteiger partial charge in [0.05, 0.1) is 6.33 Å². The van der Waals surface area contributed by atoms with Crippen LogP contribution in [-0.2, 0) is 6.54 Å². The van der Waals surface area contributed by atoms with E-state index in [0.29, 0.717) is 5.17 Å². The summed E-state index contributed by atoms with van der Waals surface area (Å²) in [4.78, 5) is 3.94. The highest BCUT2D eigenvalue weighted by Gasteiger charge is 1.94. The summed E-state index contributed by atoms with van der Waals surface area (Å²) in [6.07, 6.45) is 6.52. The van der Waals surface area contributed by atoms with Crippen molar-refractivity contribution in [2.75, 3.05) is 5.75 Å². The minimum Gasteiger partial charge on any atom is -0.377 e. The number of aryl methyl sites for hydroxylation is 1. The maximum absolute atomic E-state index is 5.40. The number of hydrogen-bond acceptors (Lipinski definition) is 4.